The average molecular weight is 472 g/mol. The number of hydrogen-bond acceptors (Lipinski definition) is 7. The van der Waals surface area contributed by atoms with Crippen molar-refractivity contribution in [3.63, 3.8) is 0 Å². The maximum atomic E-state index is 13.0. The van der Waals surface area contributed by atoms with E-state index >= 15 is 0 Å². The number of benzene rings is 2. The van der Waals surface area contributed by atoms with Crippen LogP contribution in [0.3, 0.4) is 0 Å². The molecule has 2 aromatic carbocycles. The number of anilines is 1. The van der Waals surface area contributed by atoms with Gasteiger partial charge in [0.15, 0.2) is 5.76 Å². The van der Waals surface area contributed by atoms with Crippen LogP contribution in [0.25, 0.3) is 23.0 Å². The largest absolute Gasteiger partial charge is 0.459 e. The molecule has 0 saturated carbocycles. The normalized spacial score (nSPS) is 14.1. The summed E-state index contributed by atoms with van der Waals surface area (Å²) in [6, 6.07) is 18.7. The number of amides is 2. The molecule has 0 bridgehead atoms. The van der Waals surface area contributed by atoms with Crippen LogP contribution in [0, 0.1) is 0 Å². The van der Waals surface area contributed by atoms with Crippen molar-refractivity contribution in [3.8, 4) is 23.0 Å². The first-order valence-electron chi connectivity index (χ1n) is 11.4. The molecule has 0 spiro atoms. The topological polar surface area (TPSA) is 105 Å². The Labute approximate surface area is 202 Å². The lowest BCUT2D eigenvalue weighted by Crippen LogP contribution is -2.48. The van der Waals surface area contributed by atoms with E-state index in [4.69, 9.17) is 8.94 Å². The lowest BCUT2D eigenvalue weighted by molar-refractivity contribution is -0.114. The van der Waals surface area contributed by atoms with Crippen LogP contribution < -0.4 is 5.32 Å². The van der Waals surface area contributed by atoms with Crippen molar-refractivity contribution in [3.05, 3.63) is 78.1 Å². The highest BCUT2D eigenvalue weighted by molar-refractivity contribution is 5.96. The smallest absolute Gasteiger partial charge is 0.293 e. The van der Waals surface area contributed by atoms with Gasteiger partial charge in [0.25, 0.3) is 11.8 Å². The molecule has 0 radical (unpaired) electrons. The van der Waals surface area contributed by atoms with Gasteiger partial charge >= 0.3 is 0 Å². The highest BCUT2D eigenvalue weighted by Gasteiger charge is 2.23. The van der Waals surface area contributed by atoms with Crippen molar-refractivity contribution in [2.45, 2.75) is 13.5 Å². The van der Waals surface area contributed by atoms with Gasteiger partial charge < -0.3 is 19.2 Å². The number of carbonyl (C=O) groups excluding carboxylic acids is 2. The van der Waals surface area contributed by atoms with Crippen LogP contribution in [0.15, 0.2) is 75.9 Å². The maximum absolute atomic E-state index is 13.0. The predicted molar refractivity (Wildman–Crippen MR) is 129 cm³/mol. The Balaban J connectivity index is 1.19. The van der Waals surface area contributed by atoms with Gasteiger partial charge in [-0.15, -0.1) is 0 Å². The second-order valence-corrected chi connectivity index (χ2v) is 8.43. The van der Waals surface area contributed by atoms with E-state index in [1.807, 2.05) is 17.0 Å². The van der Waals surface area contributed by atoms with Crippen LogP contribution in [0.2, 0.25) is 0 Å². The Bertz CT molecular complexity index is 1320. The van der Waals surface area contributed by atoms with E-state index in [0.717, 1.165) is 30.8 Å². The minimum atomic E-state index is -0.162. The zero-order valence-electron chi connectivity index (χ0n) is 19.3. The molecule has 9 nitrogen and oxygen atoms in total. The molecule has 4 aromatic rings. The quantitative estimate of drug-likeness (QED) is 0.455. The highest BCUT2D eigenvalue weighted by Crippen LogP contribution is 2.24. The van der Waals surface area contributed by atoms with Crippen molar-refractivity contribution >= 4 is 17.5 Å². The molecule has 1 saturated heterocycles. The molecule has 2 amide bonds. The van der Waals surface area contributed by atoms with Crippen LogP contribution in [-0.4, -0.2) is 57.9 Å². The average Bonchev–Trinajstić information content (AvgIpc) is 3.57. The van der Waals surface area contributed by atoms with Gasteiger partial charge in [0.2, 0.25) is 11.7 Å². The predicted octanol–water partition coefficient (Wildman–Crippen LogP) is 3.91. The molecule has 5 rings (SSSR count). The van der Waals surface area contributed by atoms with Gasteiger partial charge in [-0.25, -0.2) is 0 Å². The van der Waals surface area contributed by atoms with E-state index in [1.165, 1.54) is 6.92 Å². The number of aromatic nitrogens is 2. The van der Waals surface area contributed by atoms with E-state index in [2.05, 4.69) is 32.5 Å². The fourth-order valence-corrected chi connectivity index (χ4v) is 4.13. The summed E-state index contributed by atoms with van der Waals surface area (Å²) in [6.07, 6.45) is 1.57. The summed E-state index contributed by atoms with van der Waals surface area (Å²) in [7, 11) is 0. The first-order chi connectivity index (χ1) is 17.0. The Morgan fingerprint density at radius 3 is 2.60 bits per heavy atom. The Morgan fingerprint density at radius 2 is 1.83 bits per heavy atom. The molecule has 0 aliphatic carbocycles. The summed E-state index contributed by atoms with van der Waals surface area (Å²) in [4.78, 5) is 32.9. The van der Waals surface area contributed by atoms with Gasteiger partial charge in [-0.05, 0) is 42.0 Å². The molecule has 1 fully saturated rings. The van der Waals surface area contributed by atoms with Crippen molar-refractivity contribution < 1.29 is 18.5 Å². The molecule has 2 aromatic heterocycles. The van der Waals surface area contributed by atoms with E-state index in [-0.39, 0.29) is 11.8 Å². The first kappa shape index (κ1) is 22.5. The second kappa shape index (κ2) is 9.94. The molecular weight excluding hydrogens is 446 g/mol. The van der Waals surface area contributed by atoms with Crippen LogP contribution in [0.4, 0.5) is 5.69 Å². The minimum absolute atomic E-state index is 0.0247. The standard InChI is InChI=1S/C26H25N5O4/c1-18(32)27-22-8-3-7-21(16-22)26(33)31-12-10-30(11-13-31)17-19-5-2-6-20(15-19)24-28-25(35-29-24)23-9-4-14-34-23/h2-9,14-16H,10-13,17H2,1H3,(H,27,32). The molecule has 1 aliphatic rings. The van der Waals surface area contributed by atoms with Crippen molar-refractivity contribution in [1.82, 2.24) is 19.9 Å². The molecule has 178 valence electrons. The number of furan rings is 1. The number of hydrogen-bond donors (Lipinski definition) is 1. The van der Waals surface area contributed by atoms with Gasteiger partial charge in [0.05, 0.1) is 6.26 Å². The Kier molecular flexibility index (Phi) is 6.40. The van der Waals surface area contributed by atoms with Crippen LogP contribution in [0.5, 0.6) is 0 Å². The summed E-state index contributed by atoms with van der Waals surface area (Å²) in [5.41, 5.74) is 3.21. The Morgan fingerprint density at radius 1 is 1.00 bits per heavy atom. The number of nitrogens with one attached hydrogen (secondary N) is 1. The SMILES string of the molecule is CC(=O)Nc1cccc(C(=O)N2CCN(Cc3cccc(-c4noc(-c5ccco5)n4)c3)CC2)c1. The lowest BCUT2D eigenvalue weighted by atomic mass is 10.1. The van der Waals surface area contributed by atoms with Gasteiger partial charge in [-0.3, -0.25) is 14.5 Å². The summed E-state index contributed by atoms with van der Waals surface area (Å²) in [5.74, 6) is 1.20. The maximum Gasteiger partial charge on any atom is 0.293 e. The third kappa shape index (κ3) is 5.30. The molecule has 0 unspecified atom stereocenters. The van der Waals surface area contributed by atoms with Crippen molar-refractivity contribution in [2.24, 2.45) is 0 Å². The highest BCUT2D eigenvalue weighted by atomic mass is 16.5. The molecule has 1 N–H and O–H groups in total. The monoisotopic (exact) mass is 471 g/mol. The molecule has 9 heteroatoms. The second-order valence-electron chi connectivity index (χ2n) is 8.43. The van der Waals surface area contributed by atoms with E-state index < -0.39 is 0 Å². The molecule has 35 heavy (non-hydrogen) atoms. The summed E-state index contributed by atoms with van der Waals surface area (Å²) >= 11 is 0. The number of piperazine rings is 1. The fraction of sp³-hybridized carbons (Fsp3) is 0.231. The number of nitrogens with zero attached hydrogens (tertiary/aromatic N) is 4. The zero-order chi connectivity index (χ0) is 24.2. The minimum Gasteiger partial charge on any atom is -0.459 e. The zero-order valence-corrected chi connectivity index (χ0v) is 19.3. The molecular formula is C26H25N5O4. The first-order valence-corrected chi connectivity index (χ1v) is 11.4. The fourth-order valence-electron chi connectivity index (χ4n) is 4.13. The number of rotatable bonds is 6. The van der Waals surface area contributed by atoms with E-state index in [0.29, 0.717) is 41.8 Å². The molecule has 0 atom stereocenters. The third-order valence-corrected chi connectivity index (χ3v) is 5.84. The van der Waals surface area contributed by atoms with E-state index in [1.54, 1.807) is 42.7 Å². The van der Waals surface area contributed by atoms with E-state index in [9.17, 15) is 9.59 Å². The third-order valence-electron chi connectivity index (χ3n) is 5.84. The molecule has 1 aliphatic heterocycles. The van der Waals surface area contributed by atoms with Crippen molar-refractivity contribution in [2.75, 3.05) is 31.5 Å². The molecule has 3 heterocycles. The lowest BCUT2D eigenvalue weighted by Gasteiger charge is -2.35. The number of carbonyl (C=O) groups is 2. The summed E-state index contributed by atoms with van der Waals surface area (Å²) in [5, 5.41) is 6.81. The Hall–Kier alpha value is -4.24. The van der Waals surface area contributed by atoms with Crippen LogP contribution in [-0.2, 0) is 11.3 Å². The summed E-state index contributed by atoms with van der Waals surface area (Å²) < 4.78 is 10.6. The van der Waals surface area contributed by atoms with Gasteiger partial charge in [-0.2, -0.15) is 4.98 Å². The van der Waals surface area contributed by atoms with Gasteiger partial charge in [0, 0.05) is 56.5 Å². The van der Waals surface area contributed by atoms with Crippen LogP contribution >= 0.6 is 0 Å². The van der Waals surface area contributed by atoms with Gasteiger partial charge in [0.1, 0.15) is 0 Å². The summed E-state index contributed by atoms with van der Waals surface area (Å²) in [6.45, 7) is 5.03. The van der Waals surface area contributed by atoms with Gasteiger partial charge in [-0.1, -0.05) is 29.4 Å². The van der Waals surface area contributed by atoms with Crippen LogP contribution in [0.1, 0.15) is 22.8 Å². The van der Waals surface area contributed by atoms with Crippen molar-refractivity contribution in [1.29, 1.82) is 0 Å².